The Balaban J connectivity index is 1.88. The van der Waals surface area contributed by atoms with Crippen molar-refractivity contribution in [2.24, 2.45) is 5.92 Å². The highest BCUT2D eigenvalue weighted by Gasteiger charge is 2.53. The smallest absolute Gasteiger partial charge is 0.350 e. The summed E-state index contributed by atoms with van der Waals surface area (Å²) in [7, 11) is 0. The van der Waals surface area contributed by atoms with Gasteiger partial charge >= 0.3 is 11.9 Å². The molecule has 17 heavy (non-hydrogen) atoms. The fraction of sp³-hybridized carbons (Fsp3) is 0.636. The highest BCUT2D eigenvalue weighted by molar-refractivity contribution is 8.25. The highest BCUT2D eigenvalue weighted by atomic mass is 32.2. The van der Waals surface area contributed by atoms with Crippen LogP contribution in [0.15, 0.2) is 9.81 Å². The molecular weight excluding hydrogens is 260 g/mol. The molecule has 3 aliphatic rings. The number of esters is 2. The minimum Gasteiger partial charge on any atom is -0.419 e. The average Bonchev–Trinajstić information content (AvgIpc) is 2.98. The summed E-state index contributed by atoms with van der Waals surface area (Å²) in [6.45, 7) is 1.68. The second-order valence-corrected chi connectivity index (χ2v) is 6.90. The van der Waals surface area contributed by atoms with Gasteiger partial charge in [0.2, 0.25) is 0 Å². The van der Waals surface area contributed by atoms with Gasteiger partial charge in [-0.05, 0) is 12.8 Å². The van der Waals surface area contributed by atoms with Gasteiger partial charge in [-0.15, -0.1) is 23.5 Å². The van der Waals surface area contributed by atoms with Crippen molar-refractivity contribution in [3.63, 3.8) is 0 Å². The zero-order chi connectivity index (χ0) is 12.0. The maximum Gasteiger partial charge on any atom is 0.350 e. The van der Waals surface area contributed by atoms with Gasteiger partial charge in [0.05, 0.1) is 4.24 Å². The van der Waals surface area contributed by atoms with Crippen molar-refractivity contribution in [3.05, 3.63) is 9.81 Å². The first-order valence-corrected chi connectivity index (χ1v) is 7.54. The van der Waals surface area contributed by atoms with Crippen molar-refractivity contribution >= 4 is 35.5 Å². The Morgan fingerprint density at radius 1 is 1.12 bits per heavy atom. The van der Waals surface area contributed by atoms with Crippen LogP contribution in [0.4, 0.5) is 0 Å². The van der Waals surface area contributed by atoms with Gasteiger partial charge in [-0.2, -0.15) is 0 Å². The zero-order valence-electron chi connectivity index (χ0n) is 9.36. The van der Waals surface area contributed by atoms with Crippen LogP contribution in [0.2, 0.25) is 0 Å². The fourth-order valence-corrected chi connectivity index (χ4v) is 4.46. The van der Waals surface area contributed by atoms with Crippen LogP contribution in [0.5, 0.6) is 0 Å². The summed E-state index contributed by atoms with van der Waals surface area (Å²) in [6.07, 6.45) is 1.90. The van der Waals surface area contributed by atoms with Crippen molar-refractivity contribution in [2.75, 3.05) is 11.5 Å². The van der Waals surface area contributed by atoms with E-state index in [0.717, 1.165) is 28.6 Å². The lowest BCUT2D eigenvalue weighted by Crippen LogP contribution is -2.46. The maximum atomic E-state index is 11.9. The minimum atomic E-state index is -1.04. The normalized spacial score (nSPS) is 33.7. The molecule has 1 saturated carbocycles. The summed E-state index contributed by atoms with van der Waals surface area (Å²) in [5.74, 6) is -0.0639. The maximum absolute atomic E-state index is 11.9. The molecule has 2 heterocycles. The van der Waals surface area contributed by atoms with Gasteiger partial charge in [0.1, 0.15) is 0 Å². The third-order valence-corrected chi connectivity index (χ3v) is 5.79. The quantitative estimate of drug-likeness (QED) is 0.413. The summed E-state index contributed by atoms with van der Waals surface area (Å²) in [5.41, 5.74) is 0.0932. The number of hydrogen-bond donors (Lipinski definition) is 0. The van der Waals surface area contributed by atoms with E-state index in [-0.39, 0.29) is 11.5 Å². The number of rotatable bonds is 1. The van der Waals surface area contributed by atoms with Gasteiger partial charge in [0.15, 0.2) is 5.57 Å². The van der Waals surface area contributed by atoms with E-state index in [1.54, 1.807) is 6.92 Å². The molecule has 0 spiro atoms. The van der Waals surface area contributed by atoms with Gasteiger partial charge in [-0.25, -0.2) is 9.59 Å². The first-order chi connectivity index (χ1) is 8.10. The van der Waals surface area contributed by atoms with Crippen molar-refractivity contribution in [1.29, 1.82) is 0 Å². The summed E-state index contributed by atoms with van der Waals surface area (Å²) in [4.78, 5) is 23.9. The summed E-state index contributed by atoms with van der Waals surface area (Å²) in [5, 5.41) is 0. The molecule has 2 aliphatic heterocycles. The second-order valence-electron chi connectivity index (χ2n) is 4.43. The number of thioether (sulfide) groups is 2. The molecule has 6 heteroatoms. The lowest BCUT2D eigenvalue weighted by atomic mass is 10.1. The standard InChI is InChI=1S/C11H12O4S2/c1-11(6-2-3-6)14-8(12)7(9(13)15-11)10-16-4-5-17-10/h6H,2-5H2,1H3. The van der Waals surface area contributed by atoms with E-state index in [1.165, 1.54) is 23.5 Å². The van der Waals surface area contributed by atoms with Crippen molar-refractivity contribution in [3.8, 4) is 0 Å². The van der Waals surface area contributed by atoms with E-state index in [2.05, 4.69) is 0 Å². The average molecular weight is 272 g/mol. The van der Waals surface area contributed by atoms with E-state index >= 15 is 0 Å². The lowest BCUT2D eigenvalue weighted by molar-refractivity contribution is -0.236. The molecule has 0 bridgehead atoms. The van der Waals surface area contributed by atoms with E-state index < -0.39 is 17.7 Å². The number of cyclic esters (lactones) is 2. The molecule has 0 unspecified atom stereocenters. The van der Waals surface area contributed by atoms with E-state index in [0.29, 0.717) is 0 Å². The molecule has 1 aliphatic carbocycles. The summed E-state index contributed by atoms with van der Waals surface area (Å²) in [6, 6.07) is 0. The molecule has 0 N–H and O–H groups in total. The van der Waals surface area contributed by atoms with Gasteiger partial charge in [0.25, 0.3) is 5.79 Å². The van der Waals surface area contributed by atoms with Crippen molar-refractivity contribution < 1.29 is 19.1 Å². The van der Waals surface area contributed by atoms with E-state index in [9.17, 15) is 9.59 Å². The highest BCUT2D eigenvalue weighted by Crippen LogP contribution is 2.47. The Morgan fingerprint density at radius 3 is 2.12 bits per heavy atom. The van der Waals surface area contributed by atoms with Crippen molar-refractivity contribution in [1.82, 2.24) is 0 Å². The predicted molar refractivity (Wildman–Crippen MR) is 65.3 cm³/mol. The van der Waals surface area contributed by atoms with Crippen LogP contribution in [-0.2, 0) is 19.1 Å². The third-order valence-electron chi connectivity index (χ3n) is 3.07. The Labute approximate surface area is 107 Å². The molecule has 4 nitrogen and oxygen atoms in total. The second kappa shape index (κ2) is 3.95. The Bertz CT molecular complexity index is 397. The Kier molecular flexibility index (Phi) is 2.66. The number of carbonyl (C=O) groups excluding carboxylic acids is 2. The monoisotopic (exact) mass is 272 g/mol. The van der Waals surface area contributed by atoms with Gasteiger partial charge in [-0.1, -0.05) is 0 Å². The molecule has 3 fully saturated rings. The van der Waals surface area contributed by atoms with Crippen LogP contribution >= 0.6 is 23.5 Å². The molecule has 0 aromatic carbocycles. The minimum absolute atomic E-state index is 0.0932. The summed E-state index contributed by atoms with van der Waals surface area (Å²) < 4.78 is 11.4. The van der Waals surface area contributed by atoms with Gasteiger partial charge in [-0.3, -0.25) is 0 Å². The van der Waals surface area contributed by atoms with Crippen LogP contribution in [0.1, 0.15) is 19.8 Å². The molecule has 3 rings (SSSR count). The molecule has 0 aromatic rings. The number of hydrogen-bond acceptors (Lipinski definition) is 6. The molecule has 2 saturated heterocycles. The predicted octanol–water partition coefficient (Wildman–Crippen LogP) is 1.90. The molecule has 0 atom stereocenters. The van der Waals surface area contributed by atoms with Crippen LogP contribution in [0.25, 0.3) is 0 Å². The van der Waals surface area contributed by atoms with Crippen LogP contribution in [0.3, 0.4) is 0 Å². The fourth-order valence-electron chi connectivity index (χ4n) is 1.97. The van der Waals surface area contributed by atoms with Crippen LogP contribution in [0, 0.1) is 5.92 Å². The van der Waals surface area contributed by atoms with Gasteiger partial charge < -0.3 is 9.47 Å². The number of carbonyl (C=O) groups is 2. The first kappa shape index (κ1) is 11.5. The molecule has 0 radical (unpaired) electrons. The topological polar surface area (TPSA) is 52.6 Å². The Morgan fingerprint density at radius 2 is 1.65 bits per heavy atom. The summed E-state index contributed by atoms with van der Waals surface area (Å²) >= 11 is 3.04. The van der Waals surface area contributed by atoms with Gasteiger partial charge in [0, 0.05) is 24.3 Å². The Hall–Kier alpha value is -0.620. The van der Waals surface area contributed by atoms with E-state index in [1.807, 2.05) is 0 Å². The SMILES string of the molecule is CC1(C2CC2)OC(=O)C(=C2SCCS2)C(=O)O1. The molecule has 92 valence electrons. The molecule has 0 amide bonds. The number of ether oxygens (including phenoxy) is 2. The largest absolute Gasteiger partial charge is 0.419 e. The lowest BCUT2D eigenvalue weighted by Gasteiger charge is -2.33. The third kappa shape index (κ3) is 1.97. The van der Waals surface area contributed by atoms with E-state index in [4.69, 9.17) is 9.47 Å². The van der Waals surface area contributed by atoms with Crippen molar-refractivity contribution in [2.45, 2.75) is 25.6 Å². The molecule has 0 aromatic heterocycles. The zero-order valence-corrected chi connectivity index (χ0v) is 11.0. The van der Waals surface area contributed by atoms with Crippen LogP contribution in [-0.4, -0.2) is 29.2 Å². The molecular formula is C11H12O4S2. The van der Waals surface area contributed by atoms with Crippen LogP contribution < -0.4 is 0 Å². The first-order valence-electron chi connectivity index (χ1n) is 5.57.